The summed E-state index contributed by atoms with van der Waals surface area (Å²) < 4.78 is 41.2. The van der Waals surface area contributed by atoms with Crippen molar-refractivity contribution in [1.29, 1.82) is 9.56 Å². The van der Waals surface area contributed by atoms with E-state index in [2.05, 4.69) is 99.7 Å². The fourth-order valence-corrected chi connectivity index (χ4v) is 8.99. The van der Waals surface area contributed by atoms with Crippen molar-refractivity contribution in [2.75, 3.05) is 74.7 Å². The van der Waals surface area contributed by atoms with E-state index in [-0.39, 0.29) is 0 Å². The van der Waals surface area contributed by atoms with Crippen LogP contribution in [-0.4, -0.2) is 113 Å². The highest BCUT2D eigenvalue weighted by molar-refractivity contribution is 7.92. The van der Waals surface area contributed by atoms with Gasteiger partial charge >= 0.3 is 0 Å². The Balaban J connectivity index is 0.000000167. The van der Waals surface area contributed by atoms with Gasteiger partial charge in [-0.25, -0.2) is 47.9 Å². The highest BCUT2D eigenvalue weighted by Crippen LogP contribution is 2.29. The average molecular weight is 805 g/mol. The third kappa shape index (κ3) is 8.68. The Morgan fingerprint density at radius 1 is 0.574 bits per heavy atom. The molecule has 14 nitrogen and oxygen atoms in total. The zero-order valence-corrected chi connectivity index (χ0v) is 33.9. The third-order valence-electron chi connectivity index (χ3n) is 10.1. The molecule has 284 valence electrons. The van der Waals surface area contributed by atoms with Gasteiger partial charge in [0.15, 0.2) is 0 Å². The predicted octanol–water partition coefficient (Wildman–Crippen LogP) is 6.01. The summed E-state index contributed by atoms with van der Waals surface area (Å²) in [5.41, 5.74) is 8.49. The monoisotopic (exact) mass is 804 g/mol. The second-order valence-corrected chi connectivity index (χ2v) is 19.8. The van der Waals surface area contributed by atoms with Crippen LogP contribution in [0.15, 0.2) is 82.0 Å². The van der Waals surface area contributed by atoms with Crippen LogP contribution in [0.3, 0.4) is 0 Å². The van der Waals surface area contributed by atoms with Crippen LogP contribution >= 0.6 is 22.7 Å². The third-order valence-corrected chi connectivity index (χ3v) is 13.9. The molecule has 6 heterocycles. The maximum atomic E-state index is 11.8. The van der Waals surface area contributed by atoms with Gasteiger partial charge in [0, 0.05) is 102 Å². The Morgan fingerprint density at radius 2 is 0.926 bits per heavy atom. The lowest BCUT2D eigenvalue weighted by Gasteiger charge is -2.38. The Labute approximate surface area is 324 Å². The van der Waals surface area contributed by atoms with Gasteiger partial charge in [0.1, 0.15) is 0 Å². The summed E-state index contributed by atoms with van der Waals surface area (Å²) in [4.78, 5) is 36.0. The Hall–Kier alpha value is -4.20. The van der Waals surface area contributed by atoms with Gasteiger partial charge in [-0.1, -0.05) is 12.1 Å². The lowest BCUT2D eigenvalue weighted by atomic mass is 10.1. The molecule has 4 aromatic heterocycles. The minimum Gasteiger partial charge on any atom is -0.338 e. The van der Waals surface area contributed by atoms with Crippen molar-refractivity contribution in [3.05, 3.63) is 83.3 Å². The van der Waals surface area contributed by atoms with E-state index in [1.54, 1.807) is 22.7 Å². The van der Waals surface area contributed by atoms with Gasteiger partial charge in [-0.05, 0) is 49.2 Å². The molecule has 2 unspecified atom stereocenters. The molecule has 2 fully saturated rings. The molecule has 8 rings (SSSR count). The number of nitrogens with one attached hydrogen (secondary N) is 2. The maximum absolute atomic E-state index is 11.8. The highest BCUT2D eigenvalue weighted by atomic mass is 32.2. The molecule has 0 radical (unpaired) electrons. The van der Waals surface area contributed by atoms with Crippen molar-refractivity contribution >= 4 is 74.5 Å². The molecule has 0 saturated carbocycles. The van der Waals surface area contributed by atoms with Crippen molar-refractivity contribution in [2.45, 2.75) is 35.7 Å². The molecule has 18 heteroatoms. The molecule has 0 aliphatic carbocycles. The van der Waals surface area contributed by atoms with Crippen molar-refractivity contribution < 1.29 is 8.42 Å². The quantitative estimate of drug-likeness (QED) is 0.184. The predicted molar refractivity (Wildman–Crippen MR) is 218 cm³/mol. The minimum atomic E-state index is -2.77. The van der Waals surface area contributed by atoms with Crippen LogP contribution in [-0.2, 0) is 19.5 Å². The summed E-state index contributed by atoms with van der Waals surface area (Å²) >= 11 is 3.34. The van der Waals surface area contributed by atoms with Crippen LogP contribution in [0.4, 0.5) is 11.9 Å². The normalized spacial score (nSPS) is 19.1. The molecule has 2 N–H and O–H groups in total. The SMILES string of the molecule is C[C@@H](c1ccc2scnc2c1)N1CCN(c2ncc(S(C)(=N)=O)cn2)CC1.C[C@H](c1ccc2scnc2c1)N1CCN(c2ncc(S(C)(=N)=O)cn2)CC1. The van der Waals surface area contributed by atoms with E-state index in [4.69, 9.17) is 9.56 Å². The molecule has 54 heavy (non-hydrogen) atoms. The number of benzene rings is 2. The fourth-order valence-electron chi connectivity index (χ4n) is 6.66. The summed E-state index contributed by atoms with van der Waals surface area (Å²) in [6.45, 7) is 11.5. The summed E-state index contributed by atoms with van der Waals surface area (Å²) in [7, 11) is -5.54. The molecule has 4 atom stereocenters. The molecule has 2 saturated heterocycles. The van der Waals surface area contributed by atoms with Crippen LogP contribution in [0.25, 0.3) is 20.4 Å². The van der Waals surface area contributed by atoms with Crippen LogP contribution in [0.1, 0.15) is 37.1 Å². The number of nitrogens with zero attached hydrogens (tertiary/aromatic N) is 10. The van der Waals surface area contributed by atoms with E-state index >= 15 is 0 Å². The van der Waals surface area contributed by atoms with Gasteiger partial charge in [-0.15, -0.1) is 22.7 Å². The van der Waals surface area contributed by atoms with Crippen LogP contribution in [0.2, 0.25) is 0 Å². The number of hydrogen-bond donors (Lipinski definition) is 2. The van der Waals surface area contributed by atoms with E-state index < -0.39 is 19.5 Å². The lowest BCUT2D eigenvalue weighted by Crippen LogP contribution is -2.47. The first-order valence-corrected chi connectivity index (χ1v) is 23.3. The zero-order chi connectivity index (χ0) is 38.0. The first-order valence-electron chi connectivity index (χ1n) is 17.6. The Kier molecular flexibility index (Phi) is 11.2. The van der Waals surface area contributed by atoms with Crippen molar-refractivity contribution in [1.82, 2.24) is 39.7 Å². The maximum Gasteiger partial charge on any atom is 0.225 e. The summed E-state index contributed by atoms with van der Waals surface area (Å²) in [6.07, 6.45) is 8.81. The number of fused-ring (bicyclic) bond motifs is 2. The van der Waals surface area contributed by atoms with Crippen LogP contribution in [0, 0.1) is 9.56 Å². The van der Waals surface area contributed by atoms with E-state index in [1.165, 1.54) is 57.8 Å². The molecule has 2 aliphatic rings. The summed E-state index contributed by atoms with van der Waals surface area (Å²) in [6, 6.07) is 13.7. The van der Waals surface area contributed by atoms with Crippen LogP contribution < -0.4 is 9.80 Å². The van der Waals surface area contributed by atoms with E-state index in [9.17, 15) is 8.42 Å². The molecule has 6 aromatic rings. The van der Waals surface area contributed by atoms with Crippen molar-refractivity contribution in [3.8, 4) is 0 Å². The Morgan fingerprint density at radius 3 is 1.26 bits per heavy atom. The first kappa shape index (κ1) is 38.1. The summed E-state index contributed by atoms with van der Waals surface area (Å²) in [5.74, 6) is 1.28. The first-order chi connectivity index (χ1) is 25.8. The van der Waals surface area contributed by atoms with Crippen molar-refractivity contribution in [2.24, 2.45) is 0 Å². The van der Waals surface area contributed by atoms with Crippen LogP contribution in [0.5, 0.6) is 0 Å². The molecule has 0 spiro atoms. The smallest absolute Gasteiger partial charge is 0.225 e. The second-order valence-electron chi connectivity index (χ2n) is 13.7. The molecular weight excluding hydrogens is 761 g/mol. The molecule has 0 amide bonds. The molecule has 0 bridgehead atoms. The standard InChI is InChI=1S/2C18H22N6OS2/c2*1-13(14-3-4-17-16(9-14)22-12-26-17)23-5-7-24(8-6-23)18-20-10-15(11-21-18)27(2,19)25/h2*3-4,9-13,19H,5-8H2,1-2H3/t2*13-,27?/m10/s1. The number of hydrogen-bond acceptors (Lipinski definition) is 16. The summed E-state index contributed by atoms with van der Waals surface area (Å²) in [5, 5.41) is 0. The molecule has 2 aromatic carbocycles. The van der Waals surface area contributed by atoms with Crippen molar-refractivity contribution in [3.63, 3.8) is 0 Å². The van der Waals surface area contributed by atoms with Gasteiger partial charge in [0.05, 0.1) is 60.7 Å². The Bertz CT molecular complexity index is 2250. The average Bonchev–Trinajstić information content (AvgIpc) is 3.86. The minimum absolute atomic E-state index is 0.328. The van der Waals surface area contributed by atoms with E-state index in [0.717, 1.165) is 63.4 Å². The van der Waals surface area contributed by atoms with Gasteiger partial charge in [-0.2, -0.15) is 0 Å². The highest BCUT2D eigenvalue weighted by Gasteiger charge is 2.25. The lowest BCUT2D eigenvalue weighted by molar-refractivity contribution is 0.198. The zero-order valence-electron chi connectivity index (χ0n) is 30.7. The number of rotatable bonds is 8. The largest absolute Gasteiger partial charge is 0.338 e. The number of piperazine rings is 2. The number of thiazole rings is 2. The van der Waals surface area contributed by atoms with Gasteiger partial charge in [-0.3, -0.25) is 9.80 Å². The second kappa shape index (κ2) is 15.9. The number of aromatic nitrogens is 6. The van der Waals surface area contributed by atoms with E-state index in [0.29, 0.717) is 33.8 Å². The van der Waals surface area contributed by atoms with Gasteiger partial charge < -0.3 is 9.80 Å². The molecule has 2 aliphatic heterocycles. The molecular formula is C36H44N12O2S4. The number of anilines is 2. The fraction of sp³-hybridized carbons (Fsp3) is 0.389. The van der Waals surface area contributed by atoms with E-state index in [1.807, 2.05) is 11.0 Å². The van der Waals surface area contributed by atoms with Gasteiger partial charge in [0.25, 0.3) is 0 Å². The topological polar surface area (TPSA) is 172 Å². The van der Waals surface area contributed by atoms with Gasteiger partial charge in [0.2, 0.25) is 11.9 Å².